The van der Waals surface area contributed by atoms with Crippen LogP contribution >= 0.6 is 15.9 Å². The summed E-state index contributed by atoms with van der Waals surface area (Å²) in [5.41, 5.74) is 1.06. The van der Waals surface area contributed by atoms with Crippen molar-refractivity contribution in [3.8, 4) is 5.75 Å². The van der Waals surface area contributed by atoms with Gasteiger partial charge in [0.2, 0.25) is 0 Å². The van der Waals surface area contributed by atoms with Gasteiger partial charge < -0.3 is 14.4 Å². The van der Waals surface area contributed by atoms with Crippen LogP contribution in [0.5, 0.6) is 5.75 Å². The van der Waals surface area contributed by atoms with Crippen LogP contribution < -0.4 is 10.3 Å². The molecule has 1 fully saturated rings. The Bertz CT molecular complexity index is 1560. The van der Waals surface area contributed by atoms with Gasteiger partial charge in [0.1, 0.15) is 11.6 Å². The second-order valence-electron chi connectivity index (χ2n) is 9.13. The number of hydrogen-bond donors (Lipinski definition) is 0. The average molecular weight is 563 g/mol. The van der Waals surface area contributed by atoms with Crippen molar-refractivity contribution in [2.75, 3.05) is 32.9 Å². The minimum absolute atomic E-state index is 0.0349. The molecule has 0 bridgehead atoms. The molecule has 0 unspecified atom stereocenters. The highest BCUT2D eigenvalue weighted by Crippen LogP contribution is 2.27. The van der Waals surface area contributed by atoms with Crippen LogP contribution in [-0.4, -0.2) is 59.6 Å². The molecule has 1 aliphatic heterocycles. The fraction of sp³-hybridized carbons (Fsp3) is 0.286. The lowest BCUT2D eigenvalue weighted by Gasteiger charge is -2.26. The Balaban J connectivity index is 1.56. The summed E-state index contributed by atoms with van der Waals surface area (Å²) in [6.07, 6.45) is 1.62. The summed E-state index contributed by atoms with van der Waals surface area (Å²) in [7, 11) is 0. The van der Waals surface area contributed by atoms with E-state index in [1.807, 2.05) is 62.4 Å². The van der Waals surface area contributed by atoms with Gasteiger partial charge >= 0.3 is 0 Å². The van der Waals surface area contributed by atoms with Crippen LogP contribution in [0.25, 0.3) is 21.7 Å². The Morgan fingerprint density at radius 3 is 2.70 bits per heavy atom. The maximum atomic E-state index is 13.5. The van der Waals surface area contributed by atoms with E-state index < -0.39 is 0 Å². The van der Waals surface area contributed by atoms with E-state index in [0.29, 0.717) is 54.3 Å². The molecule has 2 heterocycles. The summed E-state index contributed by atoms with van der Waals surface area (Å²) < 4.78 is 13.5. The lowest BCUT2D eigenvalue weighted by Crippen LogP contribution is -2.43. The van der Waals surface area contributed by atoms with E-state index in [1.165, 1.54) is 4.68 Å². The van der Waals surface area contributed by atoms with Gasteiger partial charge in [-0.05, 0) is 35.0 Å². The molecular formula is C28H27BrN4O4. The molecule has 4 aromatic rings. The summed E-state index contributed by atoms with van der Waals surface area (Å²) in [6.45, 7) is 6.03. The van der Waals surface area contributed by atoms with Crippen molar-refractivity contribution in [1.82, 2.24) is 14.6 Å². The number of benzene rings is 3. The molecule has 1 aliphatic rings. The number of hydrogen-bond acceptors (Lipinski definition) is 6. The van der Waals surface area contributed by atoms with Crippen molar-refractivity contribution >= 4 is 49.7 Å². The number of nitrogens with zero attached hydrogens (tertiary/aromatic N) is 4. The molecule has 1 saturated heterocycles. The van der Waals surface area contributed by atoms with Crippen LogP contribution in [0.1, 0.15) is 31.2 Å². The predicted molar refractivity (Wildman–Crippen MR) is 148 cm³/mol. The molecule has 0 aliphatic carbocycles. The van der Waals surface area contributed by atoms with E-state index in [-0.39, 0.29) is 24.0 Å². The van der Waals surface area contributed by atoms with Crippen molar-refractivity contribution in [2.45, 2.75) is 19.8 Å². The molecule has 1 amide bonds. The molecule has 9 heteroatoms. The molecule has 0 saturated carbocycles. The Morgan fingerprint density at radius 1 is 1.14 bits per heavy atom. The van der Waals surface area contributed by atoms with Crippen LogP contribution in [0.15, 0.2) is 69.0 Å². The smallest absolute Gasteiger partial charge is 0.282 e. The predicted octanol–water partition coefficient (Wildman–Crippen LogP) is 4.56. The van der Waals surface area contributed by atoms with Gasteiger partial charge in [0.15, 0.2) is 6.61 Å². The van der Waals surface area contributed by atoms with Crippen LogP contribution in [0.3, 0.4) is 0 Å². The molecular weight excluding hydrogens is 536 g/mol. The third-order valence-electron chi connectivity index (χ3n) is 6.30. The number of rotatable bonds is 6. The molecule has 1 aromatic heterocycles. The number of carbonyl (C=O) groups excluding carboxylic acids is 1. The van der Waals surface area contributed by atoms with Gasteiger partial charge in [0.25, 0.3) is 11.5 Å². The zero-order chi connectivity index (χ0) is 25.9. The third kappa shape index (κ3) is 5.28. The second kappa shape index (κ2) is 10.8. The number of amides is 1. The fourth-order valence-electron chi connectivity index (χ4n) is 4.34. The molecule has 0 spiro atoms. The van der Waals surface area contributed by atoms with E-state index in [2.05, 4.69) is 21.0 Å². The molecule has 0 N–H and O–H groups in total. The Labute approximate surface area is 222 Å². The summed E-state index contributed by atoms with van der Waals surface area (Å²) in [5, 5.41) is 6.98. The first-order valence-corrected chi connectivity index (χ1v) is 13.0. The van der Waals surface area contributed by atoms with Crippen LogP contribution in [-0.2, 0) is 9.53 Å². The fourth-order valence-corrected chi connectivity index (χ4v) is 4.71. The first-order chi connectivity index (χ1) is 17.9. The van der Waals surface area contributed by atoms with Crippen molar-refractivity contribution in [3.05, 3.63) is 80.8 Å². The van der Waals surface area contributed by atoms with Gasteiger partial charge in [-0.3, -0.25) is 9.59 Å². The lowest BCUT2D eigenvalue weighted by molar-refractivity contribution is -0.137. The van der Waals surface area contributed by atoms with Crippen molar-refractivity contribution in [2.24, 2.45) is 5.10 Å². The maximum absolute atomic E-state index is 13.5. The van der Waals surface area contributed by atoms with Gasteiger partial charge in [0.05, 0.1) is 30.3 Å². The molecule has 0 atom stereocenters. The van der Waals surface area contributed by atoms with Gasteiger partial charge in [-0.25, -0.2) is 4.98 Å². The molecule has 0 radical (unpaired) electrons. The number of morpholine rings is 1. The van der Waals surface area contributed by atoms with E-state index in [9.17, 15) is 9.59 Å². The minimum Gasteiger partial charge on any atom is -0.483 e. The lowest BCUT2D eigenvalue weighted by atomic mass is 10.0. The first kappa shape index (κ1) is 25.1. The maximum Gasteiger partial charge on any atom is 0.282 e. The quantitative estimate of drug-likeness (QED) is 0.322. The average Bonchev–Trinajstić information content (AvgIpc) is 2.92. The Kier molecular flexibility index (Phi) is 7.34. The van der Waals surface area contributed by atoms with Crippen LogP contribution in [0.4, 0.5) is 0 Å². The molecule has 37 heavy (non-hydrogen) atoms. The monoisotopic (exact) mass is 562 g/mol. The summed E-state index contributed by atoms with van der Waals surface area (Å²) in [6, 6.07) is 17.1. The summed E-state index contributed by atoms with van der Waals surface area (Å²) in [4.78, 5) is 32.6. The van der Waals surface area contributed by atoms with Crippen molar-refractivity contribution in [1.29, 1.82) is 0 Å². The normalized spacial score (nSPS) is 14.2. The van der Waals surface area contributed by atoms with Gasteiger partial charge in [-0.15, -0.1) is 0 Å². The van der Waals surface area contributed by atoms with Gasteiger partial charge in [0, 0.05) is 29.0 Å². The van der Waals surface area contributed by atoms with E-state index >= 15 is 0 Å². The topological polar surface area (TPSA) is 86.0 Å². The summed E-state index contributed by atoms with van der Waals surface area (Å²) in [5.74, 6) is 0.940. The zero-order valence-electron chi connectivity index (χ0n) is 20.7. The highest BCUT2D eigenvalue weighted by molar-refractivity contribution is 9.10. The van der Waals surface area contributed by atoms with Crippen molar-refractivity contribution in [3.63, 3.8) is 0 Å². The minimum atomic E-state index is -0.253. The first-order valence-electron chi connectivity index (χ1n) is 12.2. The van der Waals surface area contributed by atoms with E-state index in [4.69, 9.17) is 14.5 Å². The zero-order valence-corrected chi connectivity index (χ0v) is 22.3. The molecule has 8 nitrogen and oxygen atoms in total. The van der Waals surface area contributed by atoms with Gasteiger partial charge in [-0.2, -0.15) is 9.78 Å². The Hall–Kier alpha value is -3.56. The third-order valence-corrected chi connectivity index (χ3v) is 6.79. The van der Waals surface area contributed by atoms with Crippen LogP contribution in [0.2, 0.25) is 0 Å². The standard InChI is InChI=1S/C28H27BrN4O4/c1-18(2)27-31-24-9-8-20(29)15-22(24)28(35)33(27)30-16-23-21-6-4-3-5-19(21)7-10-25(23)37-17-26(34)32-11-13-36-14-12-32/h3-10,15-16,18H,11-14,17H2,1-2H3. The number of aromatic nitrogens is 2. The van der Waals surface area contributed by atoms with Gasteiger partial charge in [-0.1, -0.05) is 60.1 Å². The number of fused-ring (bicyclic) bond motifs is 2. The second-order valence-corrected chi connectivity index (χ2v) is 10.0. The molecule has 3 aromatic carbocycles. The van der Waals surface area contributed by atoms with E-state index in [0.717, 1.165) is 15.2 Å². The van der Waals surface area contributed by atoms with Crippen molar-refractivity contribution < 1.29 is 14.3 Å². The SMILES string of the molecule is CC(C)c1nc2ccc(Br)cc2c(=O)n1N=Cc1c(OCC(=O)N2CCOCC2)ccc2ccccc12. The molecule has 190 valence electrons. The highest BCUT2D eigenvalue weighted by Gasteiger charge is 2.19. The number of carbonyl (C=O) groups is 1. The number of halogens is 1. The number of ether oxygens (including phenoxy) is 2. The van der Waals surface area contributed by atoms with E-state index in [1.54, 1.807) is 17.2 Å². The highest BCUT2D eigenvalue weighted by atomic mass is 79.9. The summed E-state index contributed by atoms with van der Waals surface area (Å²) >= 11 is 3.44. The van der Waals surface area contributed by atoms with Crippen LogP contribution in [0, 0.1) is 0 Å². The Morgan fingerprint density at radius 2 is 1.92 bits per heavy atom. The molecule has 5 rings (SSSR count). The largest absolute Gasteiger partial charge is 0.483 e.